The van der Waals surface area contributed by atoms with E-state index in [9.17, 15) is 9.59 Å². The molecule has 0 saturated heterocycles. The molecule has 0 bridgehead atoms. The fourth-order valence-electron chi connectivity index (χ4n) is 1.63. The molecule has 0 aliphatic rings. The predicted molar refractivity (Wildman–Crippen MR) is 76.9 cm³/mol. The van der Waals surface area contributed by atoms with Gasteiger partial charge in [-0.2, -0.15) is 5.10 Å². The van der Waals surface area contributed by atoms with Gasteiger partial charge in [-0.25, -0.2) is 4.79 Å². The zero-order valence-corrected chi connectivity index (χ0v) is 10.9. The molecule has 0 radical (unpaired) electrons. The van der Waals surface area contributed by atoms with Gasteiger partial charge in [-0.05, 0) is 18.2 Å². The molecule has 0 aliphatic heterocycles. The van der Waals surface area contributed by atoms with E-state index in [1.807, 2.05) is 0 Å². The fourth-order valence-corrected chi connectivity index (χ4v) is 1.63. The molecule has 0 saturated carbocycles. The fraction of sp³-hybridized carbons (Fsp3) is 0.0714. The van der Waals surface area contributed by atoms with E-state index in [1.54, 1.807) is 24.3 Å². The highest BCUT2D eigenvalue weighted by Crippen LogP contribution is 2.11. The van der Waals surface area contributed by atoms with Gasteiger partial charge in [0.25, 0.3) is 0 Å². The van der Waals surface area contributed by atoms with Crippen molar-refractivity contribution in [1.29, 1.82) is 0 Å². The molecule has 0 atom stereocenters. The first kappa shape index (κ1) is 14.1. The van der Waals surface area contributed by atoms with E-state index in [1.165, 1.54) is 17.1 Å². The molecule has 1 aromatic heterocycles. The van der Waals surface area contributed by atoms with Crippen LogP contribution in [0.4, 0.5) is 16.2 Å². The number of carboxylic acids is 1. The number of nitrogens with one attached hydrogen (secondary N) is 2. The third-order valence-corrected chi connectivity index (χ3v) is 2.48. The lowest BCUT2D eigenvalue weighted by atomic mass is 10.2. The molecule has 2 amide bonds. The van der Waals surface area contributed by atoms with Crippen LogP contribution in [0.1, 0.15) is 5.56 Å². The van der Waals surface area contributed by atoms with Gasteiger partial charge in [0.05, 0.1) is 11.9 Å². The third-order valence-electron chi connectivity index (χ3n) is 2.48. The highest BCUT2D eigenvalue weighted by Gasteiger charge is 2.06. The van der Waals surface area contributed by atoms with Crippen molar-refractivity contribution in [2.45, 2.75) is 6.54 Å². The molecule has 0 spiro atoms. The quantitative estimate of drug-likeness (QED) is 0.743. The van der Waals surface area contributed by atoms with Crippen LogP contribution in [-0.2, 0) is 11.3 Å². The Morgan fingerprint density at radius 1 is 1.33 bits per heavy atom. The van der Waals surface area contributed by atoms with Gasteiger partial charge in [-0.15, -0.1) is 6.42 Å². The molecule has 0 fully saturated rings. The summed E-state index contributed by atoms with van der Waals surface area (Å²) in [4.78, 5) is 22.3. The third kappa shape index (κ3) is 4.11. The maximum Gasteiger partial charge on any atom is 0.325 e. The van der Waals surface area contributed by atoms with Crippen LogP contribution in [0.3, 0.4) is 0 Å². The minimum absolute atomic E-state index is 0.270. The number of nitrogens with zero attached hydrogens (tertiary/aromatic N) is 2. The summed E-state index contributed by atoms with van der Waals surface area (Å²) in [6.07, 6.45) is 8.06. The van der Waals surface area contributed by atoms with Crippen LogP contribution < -0.4 is 10.6 Å². The zero-order chi connectivity index (χ0) is 15.2. The lowest BCUT2D eigenvalue weighted by Crippen LogP contribution is -2.19. The van der Waals surface area contributed by atoms with Crippen LogP contribution in [0.2, 0.25) is 0 Å². The van der Waals surface area contributed by atoms with Crippen molar-refractivity contribution in [3.05, 3.63) is 42.2 Å². The van der Waals surface area contributed by atoms with Gasteiger partial charge < -0.3 is 15.7 Å². The Morgan fingerprint density at radius 3 is 2.81 bits per heavy atom. The lowest BCUT2D eigenvalue weighted by molar-refractivity contribution is -0.137. The molecular weight excluding hydrogens is 272 g/mol. The van der Waals surface area contributed by atoms with Gasteiger partial charge in [0.2, 0.25) is 0 Å². The highest BCUT2D eigenvalue weighted by molar-refractivity contribution is 5.99. The number of anilines is 2. The molecule has 1 heterocycles. The Hall–Kier alpha value is -3.27. The van der Waals surface area contributed by atoms with Crippen LogP contribution in [0.5, 0.6) is 0 Å². The molecule has 2 aromatic rings. The van der Waals surface area contributed by atoms with Gasteiger partial charge >= 0.3 is 12.0 Å². The van der Waals surface area contributed by atoms with E-state index < -0.39 is 12.0 Å². The molecule has 0 unspecified atom stereocenters. The SMILES string of the molecule is C#Cc1cccc(NC(=O)Nc2cnn(CC(=O)O)c2)c1. The summed E-state index contributed by atoms with van der Waals surface area (Å²) in [5.74, 6) is 1.46. The highest BCUT2D eigenvalue weighted by atomic mass is 16.4. The second kappa shape index (κ2) is 6.25. The summed E-state index contributed by atoms with van der Waals surface area (Å²) in [7, 11) is 0. The monoisotopic (exact) mass is 284 g/mol. The molecule has 3 N–H and O–H groups in total. The maximum absolute atomic E-state index is 11.8. The van der Waals surface area contributed by atoms with Gasteiger partial charge in [0, 0.05) is 17.4 Å². The van der Waals surface area contributed by atoms with Crippen molar-refractivity contribution in [2.75, 3.05) is 10.6 Å². The number of carbonyl (C=O) groups excluding carboxylic acids is 1. The number of hydrogen-bond acceptors (Lipinski definition) is 3. The summed E-state index contributed by atoms with van der Waals surface area (Å²) in [6, 6.07) is 6.37. The van der Waals surface area contributed by atoms with Crippen LogP contribution in [0, 0.1) is 12.3 Å². The number of carbonyl (C=O) groups is 2. The number of terminal acetylenes is 1. The number of rotatable bonds is 4. The Kier molecular flexibility index (Phi) is 4.21. The number of benzene rings is 1. The van der Waals surface area contributed by atoms with E-state index >= 15 is 0 Å². The molecule has 21 heavy (non-hydrogen) atoms. The zero-order valence-electron chi connectivity index (χ0n) is 10.9. The van der Waals surface area contributed by atoms with Crippen molar-refractivity contribution < 1.29 is 14.7 Å². The van der Waals surface area contributed by atoms with E-state index in [0.29, 0.717) is 16.9 Å². The molecule has 7 nitrogen and oxygen atoms in total. The first-order chi connectivity index (χ1) is 10.1. The van der Waals surface area contributed by atoms with Gasteiger partial charge in [0.15, 0.2) is 0 Å². The Balaban J connectivity index is 1.96. The Morgan fingerprint density at radius 2 is 2.10 bits per heavy atom. The topological polar surface area (TPSA) is 96.3 Å². The summed E-state index contributed by atoms with van der Waals surface area (Å²) < 4.78 is 1.21. The van der Waals surface area contributed by atoms with Crippen LogP contribution >= 0.6 is 0 Å². The van der Waals surface area contributed by atoms with Crippen LogP contribution in [0.25, 0.3) is 0 Å². The van der Waals surface area contributed by atoms with Gasteiger partial charge in [-0.3, -0.25) is 9.48 Å². The van der Waals surface area contributed by atoms with Gasteiger partial charge in [-0.1, -0.05) is 12.0 Å². The minimum atomic E-state index is -1.01. The summed E-state index contributed by atoms with van der Waals surface area (Å²) in [5, 5.41) is 17.6. The maximum atomic E-state index is 11.8. The smallest absolute Gasteiger partial charge is 0.325 e. The van der Waals surface area contributed by atoms with Crippen molar-refractivity contribution in [1.82, 2.24) is 9.78 Å². The first-order valence-corrected chi connectivity index (χ1v) is 5.96. The van der Waals surface area contributed by atoms with Crippen molar-refractivity contribution >= 4 is 23.4 Å². The van der Waals surface area contributed by atoms with Gasteiger partial charge in [0.1, 0.15) is 6.54 Å². The average Bonchev–Trinajstić information content (AvgIpc) is 2.85. The van der Waals surface area contributed by atoms with E-state index in [0.717, 1.165) is 0 Å². The number of aliphatic carboxylic acids is 1. The molecule has 1 aromatic carbocycles. The van der Waals surface area contributed by atoms with E-state index in [4.69, 9.17) is 11.5 Å². The summed E-state index contributed by atoms with van der Waals surface area (Å²) in [5.41, 5.74) is 1.60. The molecule has 2 rings (SSSR count). The lowest BCUT2D eigenvalue weighted by Gasteiger charge is -2.06. The van der Waals surface area contributed by atoms with E-state index in [-0.39, 0.29) is 6.54 Å². The number of hydrogen-bond donors (Lipinski definition) is 3. The molecule has 0 aliphatic carbocycles. The minimum Gasteiger partial charge on any atom is -0.480 e. The van der Waals surface area contributed by atoms with Crippen molar-refractivity contribution in [3.63, 3.8) is 0 Å². The van der Waals surface area contributed by atoms with Crippen molar-refractivity contribution in [2.24, 2.45) is 0 Å². The normalized spacial score (nSPS) is 9.67. The Bertz CT molecular complexity index is 715. The summed E-state index contributed by atoms with van der Waals surface area (Å²) >= 11 is 0. The van der Waals surface area contributed by atoms with Crippen LogP contribution in [-0.4, -0.2) is 26.9 Å². The first-order valence-electron chi connectivity index (χ1n) is 5.96. The number of amides is 2. The van der Waals surface area contributed by atoms with Crippen LogP contribution in [0.15, 0.2) is 36.7 Å². The van der Waals surface area contributed by atoms with E-state index in [2.05, 4.69) is 21.7 Å². The molecule has 106 valence electrons. The average molecular weight is 284 g/mol. The second-order valence-electron chi connectivity index (χ2n) is 4.12. The number of urea groups is 1. The molecule has 7 heteroatoms. The number of aromatic nitrogens is 2. The largest absolute Gasteiger partial charge is 0.480 e. The predicted octanol–water partition coefficient (Wildman–Crippen LogP) is 1.59. The Labute approximate surface area is 120 Å². The number of carboxylic acid groups (broad SMARTS) is 1. The standard InChI is InChI=1S/C14H12N4O3/c1-2-10-4-3-5-11(6-10)16-14(21)17-12-7-15-18(8-12)9-13(19)20/h1,3-8H,9H2,(H,19,20)(H2,16,17,21). The second-order valence-corrected chi connectivity index (χ2v) is 4.12. The summed E-state index contributed by atoms with van der Waals surface area (Å²) in [6.45, 7) is -0.270. The molecular formula is C14H12N4O3. The van der Waals surface area contributed by atoms with Crippen molar-refractivity contribution in [3.8, 4) is 12.3 Å².